The Labute approximate surface area is 146 Å². The number of thioether (sulfide) groups is 1. The summed E-state index contributed by atoms with van der Waals surface area (Å²) in [4.78, 5) is 0. The number of aromatic nitrogens is 3. The molecule has 0 fully saturated rings. The summed E-state index contributed by atoms with van der Waals surface area (Å²) in [6.07, 6.45) is 0.741. The second kappa shape index (κ2) is 7.64. The van der Waals surface area contributed by atoms with Crippen LogP contribution in [0.1, 0.15) is 17.5 Å². The number of hydrogen-bond acceptors (Lipinski definition) is 4. The summed E-state index contributed by atoms with van der Waals surface area (Å²) >= 11 is 1.62. The minimum atomic E-state index is 0.191. The van der Waals surface area contributed by atoms with Crippen molar-refractivity contribution in [2.24, 2.45) is 0 Å². The fraction of sp³-hybridized carbons (Fsp3) is 0.263. The maximum atomic E-state index is 9.02. The zero-order valence-corrected chi connectivity index (χ0v) is 14.8. The molecule has 0 aliphatic rings. The normalized spacial score (nSPS) is 11.0. The Balaban J connectivity index is 2.08. The molecule has 3 aromatic rings. The van der Waals surface area contributed by atoms with Crippen molar-refractivity contribution < 1.29 is 5.11 Å². The lowest BCUT2D eigenvalue weighted by Crippen LogP contribution is -2.01. The van der Waals surface area contributed by atoms with Crippen molar-refractivity contribution in [3.05, 3.63) is 59.7 Å². The second-order valence-corrected chi connectivity index (χ2v) is 6.76. The maximum Gasteiger partial charge on any atom is 0.196 e. The smallest absolute Gasteiger partial charge is 0.196 e. The van der Waals surface area contributed by atoms with E-state index in [0.29, 0.717) is 0 Å². The molecule has 0 saturated carbocycles. The molecule has 0 bridgehead atoms. The quantitative estimate of drug-likeness (QED) is 0.544. The Morgan fingerprint density at radius 3 is 2.50 bits per heavy atom. The van der Waals surface area contributed by atoms with E-state index in [1.165, 1.54) is 11.1 Å². The molecule has 1 N–H and O–H groups in total. The first-order valence-electron chi connectivity index (χ1n) is 8.03. The van der Waals surface area contributed by atoms with Crippen LogP contribution in [-0.2, 0) is 0 Å². The summed E-state index contributed by atoms with van der Waals surface area (Å²) in [5.41, 5.74) is 4.61. The molecule has 0 spiro atoms. The Hall–Kier alpha value is -2.11. The number of aliphatic hydroxyl groups excluding tert-OH is 1. The van der Waals surface area contributed by atoms with E-state index in [1.807, 2.05) is 30.3 Å². The van der Waals surface area contributed by atoms with Crippen molar-refractivity contribution in [2.45, 2.75) is 25.4 Å². The molecule has 0 unspecified atom stereocenters. The van der Waals surface area contributed by atoms with Gasteiger partial charge in [-0.1, -0.05) is 48.2 Å². The molecule has 2 aromatic carbocycles. The predicted octanol–water partition coefficient (Wildman–Crippen LogP) is 4.03. The Morgan fingerprint density at radius 1 is 1.00 bits per heavy atom. The lowest BCUT2D eigenvalue weighted by Gasteiger charge is -2.12. The average molecular weight is 339 g/mol. The van der Waals surface area contributed by atoms with E-state index in [4.69, 9.17) is 5.11 Å². The molecule has 1 aromatic heterocycles. The van der Waals surface area contributed by atoms with Gasteiger partial charge in [0.1, 0.15) is 0 Å². The van der Waals surface area contributed by atoms with E-state index in [0.717, 1.165) is 34.4 Å². The van der Waals surface area contributed by atoms with Crippen LogP contribution in [-0.4, -0.2) is 32.2 Å². The van der Waals surface area contributed by atoms with Crippen LogP contribution >= 0.6 is 11.8 Å². The van der Waals surface area contributed by atoms with E-state index in [9.17, 15) is 0 Å². The molecule has 1 heterocycles. The van der Waals surface area contributed by atoms with Gasteiger partial charge in [-0.3, -0.25) is 4.57 Å². The van der Waals surface area contributed by atoms with Crippen molar-refractivity contribution in [2.75, 3.05) is 12.4 Å². The van der Waals surface area contributed by atoms with E-state index < -0.39 is 0 Å². The summed E-state index contributed by atoms with van der Waals surface area (Å²) < 4.78 is 2.10. The van der Waals surface area contributed by atoms with Crippen LogP contribution in [0.15, 0.2) is 53.7 Å². The Kier molecular flexibility index (Phi) is 5.33. The molecular formula is C19H21N3OS. The van der Waals surface area contributed by atoms with E-state index in [-0.39, 0.29) is 6.61 Å². The molecule has 24 heavy (non-hydrogen) atoms. The highest BCUT2D eigenvalue weighted by Crippen LogP contribution is 2.29. The Bertz CT molecular complexity index is 815. The van der Waals surface area contributed by atoms with Gasteiger partial charge in [-0.15, -0.1) is 10.2 Å². The van der Waals surface area contributed by atoms with Crippen LogP contribution in [0.2, 0.25) is 0 Å². The van der Waals surface area contributed by atoms with Crippen molar-refractivity contribution in [1.29, 1.82) is 0 Å². The number of aliphatic hydroxyl groups is 1. The minimum absolute atomic E-state index is 0.191. The zero-order chi connectivity index (χ0) is 16.9. The molecule has 0 aliphatic heterocycles. The number of hydrogen-bond donors (Lipinski definition) is 1. The Morgan fingerprint density at radius 2 is 1.79 bits per heavy atom. The van der Waals surface area contributed by atoms with Gasteiger partial charge in [0.05, 0.1) is 5.69 Å². The van der Waals surface area contributed by atoms with Gasteiger partial charge in [0, 0.05) is 17.9 Å². The maximum absolute atomic E-state index is 9.02. The van der Waals surface area contributed by atoms with Crippen LogP contribution in [0.4, 0.5) is 0 Å². The van der Waals surface area contributed by atoms with Gasteiger partial charge in [0.15, 0.2) is 11.0 Å². The first-order valence-corrected chi connectivity index (χ1v) is 9.01. The molecule has 0 aliphatic carbocycles. The third kappa shape index (κ3) is 3.52. The fourth-order valence-electron chi connectivity index (χ4n) is 2.46. The number of aryl methyl sites for hydroxylation is 2. The standard InChI is InChI=1S/C19H21N3OS/c1-14-9-10-17(13-15(14)2)22-18(16-7-4-3-5-8-16)20-21-19(22)24-12-6-11-23/h3-5,7-10,13,23H,6,11-12H2,1-2H3. The summed E-state index contributed by atoms with van der Waals surface area (Å²) in [5, 5.41) is 18.7. The van der Waals surface area contributed by atoms with E-state index >= 15 is 0 Å². The monoisotopic (exact) mass is 339 g/mol. The first kappa shape index (κ1) is 16.7. The van der Waals surface area contributed by atoms with E-state index in [2.05, 4.69) is 46.8 Å². The highest BCUT2D eigenvalue weighted by atomic mass is 32.2. The van der Waals surface area contributed by atoms with Crippen LogP contribution in [0.5, 0.6) is 0 Å². The summed E-state index contributed by atoms with van der Waals surface area (Å²) in [6, 6.07) is 16.5. The lowest BCUT2D eigenvalue weighted by atomic mass is 10.1. The fourth-order valence-corrected chi connectivity index (χ4v) is 3.34. The lowest BCUT2D eigenvalue weighted by molar-refractivity contribution is 0.296. The summed E-state index contributed by atoms with van der Waals surface area (Å²) in [7, 11) is 0. The molecule has 0 saturated heterocycles. The van der Waals surface area contributed by atoms with Gasteiger partial charge >= 0.3 is 0 Å². The van der Waals surface area contributed by atoms with E-state index in [1.54, 1.807) is 11.8 Å². The van der Waals surface area contributed by atoms with Gasteiger partial charge in [-0.2, -0.15) is 0 Å². The van der Waals surface area contributed by atoms with Gasteiger partial charge in [0.25, 0.3) is 0 Å². The second-order valence-electron chi connectivity index (χ2n) is 5.70. The molecule has 4 nitrogen and oxygen atoms in total. The van der Waals surface area contributed by atoms with Gasteiger partial charge in [-0.05, 0) is 43.5 Å². The topological polar surface area (TPSA) is 50.9 Å². The highest BCUT2D eigenvalue weighted by Gasteiger charge is 2.16. The number of benzene rings is 2. The highest BCUT2D eigenvalue weighted by molar-refractivity contribution is 7.99. The summed E-state index contributed by atoms with van der Waals surface area (Å²) in [5.74, 6) is 1.65. The third-order valence-corrected chi connectivity index (χ3v) is 4.96. The summed E-state index contributed by atoms with van der Waals surface area (Å²) in [6.45, 7) is 4.42. The van der Waals surface area contributed by atoms with Crippen LogP contribution in [0.3, 0.4) is 0 Å². The molecule has 124 valence electrons. The van der Waals surface area contributed by atoms with Gasteiger partial charge in [0.2, 0.25) is 0 Å². The molecule has 5 heteroatoms. The predicted molar refractivity (Wildman–Crippen MR) is 98.7 cm³/mol. The van der Waals surface area contributed by atoms with Crippen LogP contribution < -0.4 is 0 Å². The van der Waals surface area contributed by atoms with Crippen molar-refractivity contribution in [3.8, 4) is 17.1 Å². The largest absolute Gasteiger partial charge is 0.396 e. The third-order valence-electron chi connectivity index (χ3n) is 3.95. The SMILES string of the molecule is Cc1ccc(-n2c(SCCCO)nnc2-c2ccccc2)cc1C. The van der Waals surface area contributed by atoms with Crippen LogP contribution in [0.25, 0.3) is 17.1 Å². The van der Waals surface area contributed by atoms with Crippen molar-refractivity contribution in [3.63, 3.8) is 0 Å². The minimum Gasteiger partial charge on any atom is -0.396 e. The zero-order valence-electron chi connectivity index (χ0n) is 13.9. The molecule has 0 radical (unpaired) electrons. The van der Waals surface area contributed by atoms with Crippen molar-refractivity contribution in [1.82, 2.24) is 14.8 Å². The average Bonchev–Trinajstić information content (AvgIpc) is 3.02. The number of rotatable bonds is 6. The van der Waals surface area contributed by atoms with Crippen LogP contribution in [0, 0.1) is 13.8 Å². The van der Waals surface area contributed by atoms with Gasteiger partial charge in [-0.25, -0.2) is 0 Å². The van der Waals surface area contributed by atoms with Crippen molar-refractivity contribution >= 4 is 11.8 Å². The number of nitrogens with zero attached hydrogens (tertiary/aromatic N) is 3. The first-order chi connectivity index (χ1) is 11.7. The molecule has 0 atom stereocenters. The van der Waals surface area contributed by atoms with Gasteiger partial charge < -0.3 is 5.11 Å². The molecule has 0 amide bonds. The molecular weight excluding hydrogens is 318 g/mol. The molecule has 3 rings (SSSR count).